The van der Waals surface area contributed by atoms with Crippen LogP contribution in [0.3, 0.4) is 0 Å². The van der Waals surface area contributed by atoms with E-state index in [-0.39, 0.29) is 24.8 Å². The lowest BCUT2D eigenvalue weighted by Gasteiger charge is -2.35. The second-order valence-electron chi connectivity index (χ2n) is 5.93. The smallest absolute Gasteiger partial charge is 0.307 e. The van der Waals surface area contributed by atoms with Crippen molar-refractivity contribution in [2.75, 3.05) is 39.3 Å². The topological polar surface area (TPSA) is 79.0 Å². The first-order valence-electron chi connectivity index (χ1n) is 8.70. The Morgan fingerprint density at radius 1 is 1.36 bits per heavy atom. The van der Waals surface area contributed by atoms with Crippen LogP contribution in [-0.2, 0) is 19.1 Å². The Hall–Kier alpha value is -2.15. The number of unbranched alkanes of at least 4 members (excludes halogenated alkanes) is 1. The maximum absolute atomic E-state index is 12.5. The van der Waals surface area contributed by atoms with Crippen molar-refractivity contribution in [1.82, 2.24) is 15.1 Å². The van der Waals surface area contributed by atoms with Gasteiger partial charge in [0.25, 0.3) is 0 Å². The van der Waals surface area contributed by atoms with E-state index < -0.39 is 12.0 Å². The highest BCUT2D eigenvalue weighted by molar-refractivity contribution is 5.88. The van der Waals surface area contributed by atoms with Crippen LogP contribution in [-0.4, -0.2) is 73.0 Å². The molecule has 2 amide bonds. The molecule has 140 valence electrons. The van der Waals surface area contributed by atoms with Gasteiger partial charge in [0.2, 0.25) is 11.8 Å². The van der Waals surface area contributed by atoms with Crippen molar-refractivity contribution >= 4 is 17.8 Å². The zero-order valence-corrected chi connectivity index (χ0v) is 15.0. The molecule has 0 aromatic heterocycles. The number of nitrogens with one attached hydrogen (secondary N) is 1. The molecule has 7 nitrogen and oxygen atoms in total. The molecule has 1 heterocycles. The van der Waals surface area contributed by atoms with E-state index in [0.717, 1.165) is 12.8 Å². The Bertz CT molecular complexity index is 483. The van der Waals surface area contributed by atoms with Crippen molar-refractivity contribution in [3.8, 4) is 0 Å². The number of nitrogens with zero attached hydrogens (tertiary/aromatic N) is 2. The van der Waals surface area contributed by atoms with E-state index in [2.05, 4.69) is 18.5 Å². The van der Waals surface area contributed by atoms with Crippen LogP contribution in [0.4, 0.5) is 0 Å². The Morgan fingerprint density at radius 2 is 2.04 bits per heavy atom. The van der Waals surface area contributed by atoms with Crippen LogP contribution in [0.15, 0.2) is 25.3 Å². The average molecular weight is 351 g/mol. The van der Waals surface area contributed by atoms with E-state index in [0.29, 0.717) is 32.8 Å². The molecule has 0 aromatic rings. The maximum Gasteiger partial charge on any atom is 0.307 e. The van der Waals surface area contributed by atoms with Gasteiger partial charge < -0.3 is 15.0 Å². The van der Waals surface area contributed by atoms with Crippen molar-refractivity contribution in [2.45, 2.75) is 32.2 Å². The van der Waals surface area contributed by atoms with Crippen molar-refractivity contribution in [2.24, 2.45) is 0 Å². The van der Waals surface area contributed by atoms with E-state index in [1.165, 1.54) is 0 Å². The van der Waals surface area contributed by atoms with Crippen molar-refractivity contribution < 1.29 is 19.1 Å². The summed E-state index contributed by atoms with van der Waals surface area (Å²) in [5.41, 5.74) is 0. The van der Waals surface area contributed by atoms with Gasteiger partial charge in [-0.05, 0) is 6.42 Å². The van der Waals surface area contributed by atoms with Crippen LogP contribution in [0, 0.1) is 0 Å². The number of hydrogen-bond donors (Lipinski definition) is 1. The third kappa shape index (κ3) is 7.09. The number of hydrogen-bond acceptors (Lipinski definition) is 5. The highest BCUT2D eigenvalue weighted by atomic mass is 16.5. The molecule has 1 saturated heterocycles. The molecule has 1 fully saturated rings. The van der Waals surface area contributed by atoms with Crippen molar-refractivity contribution in [3.63, 3.8) is 0 Å². The molecule has 0 bridgehead atoms. The number of amides is 2. The molecule has 7 heteroatoms. The van der Waals surface area contributed by atoms with Gasteiger partial charge in [-0.25, -0.2) is 0 Å². The van der Waals surface area contributed by atoms with Crippen molar-refractivity contribution in [1.29, 1.82) is 0 Å². The minimum Gasteiger partial charge on any atom is -0.466 e. The lowest BCUT2D eigenvalue weighted by Crippen LogP contribution is -2.58. The molecule has 0 aromatic carbocycles. The van der Waals surface area contributed by atoms with E-state index >= 15 is 0 Å². The molecule has 0 aliphatic carbocycles. The zero-order chi connectivity index (χ0) is 18.7. The highest BCUT2D eigenvalue weighted by Gasteiger charge is 2.33. The second-order valence-corrected chi connectivity index (χ2v) is 5.93. The summed E-state index contributed by atoms with van der Waals surface area (Å²) >= 11 is 0. The summed E-state index contributed by atoms with van der Waals surface area (Å²) in [5.74, 6) is -0.786. The van der Waals surface area contributed by atoms with Gasteiger partial charge in [0.15, 0.2) is 0 Å². The van der Waals surface area contributed by atoms with Gasteiger partial charge in [-0.2, -0.15) is 0 Å². The summed E-state index contributed by atoms with van der Waals surface area (Å²) in [4.78, 5) is 39.9. The van der Waals surface area contributed by atoms with Gasteiger partial charge >= 0.3 is 5.97 Å². The normalized spacial score (nSPS) is 17.5. The molecule has 1 unspecified atom stereocenters. The maximum atomic E-state index is 12.5. The third-order valence-corrected chi connectivity index (χ3v) is 3.95. The fraction of sp³-hybridized carbons (Fsp3) is 0.611. The number of rotatable bonds is 11. The first-order valence-corrected chi connectivity index (χ1v) is 8.70. The quantitative estimate of drug-likeness (QED) is 0.337. The number of piperazine rings is 1. The summed E-state index contributed by atoms with van der Waals surface area (Å²) < 4.78 is 5.14. The predicted molar refractivity (Wildman–Crippen MR) is 95.8 cm³/mol. The number of ether oxygens (including phenoxy) is 1. The fourth-order valence-corrected chi connectivity index (χ4v) is 2.58. The number of carbonyl (C=O) groups is 3. The third-order valence-electron chi connectivity index (χ3n) is 3.95. The second kappa shape index (κ2) is 11.4. The average Bonchev–Trinajstić information content (AvgIpc) is 2.58. The highest BCUT2D eigenvalue weighted by Crippen LogP contribution is 2.11. The molecular weight excluding hydrogens is 322 g/mol. The minimum absolute atomic E-state index is 0.0499. The standard InChI is InChI=1S/C18H29N3O4/c1-4-7-12-25-17(23)13-15-18(24)19-8-11-21(15)14-16(22)20(9-5-2)10-6-3/h5-6,15H,2-4,7-14H2,1H3,(H,19,24). The van der Waals surface area contributed by atoms with Gasteiger partial charge in [0, 0.05) is 26.2 Å². The lowest BCUT2D eigenvalue weighted by atomic mass is 10.1. The summed E-state index contributed by atoms with van der Waals surface area (Å²) in [7, 11) is 0. The van der Waals surface area contributed by atoms with E-state index in [9.17, 15) is 14.4 Å². The molecule has 1 atom stereocenters. The molecule has 1 rings (SSSR count). The Kier molecular flexibility index (Phi) is 9.54. The van der Waals surface area contributed by atoms with Gasteiger partial charge in [-0.1, -0.05) is 25.5 Å². The first kappa shape index (κ1) is 20.9. The Labute approximate surface area is 149 Å². The van der Waals surface area contributed by atoms with Crippen LogP contribution in [0.2, 0.25) is 0 Å². The minimum atomic E-state index is -0.680. The fourth-order valence-electron chi connectivity index (χ4n) is 2.58. The molecule has 0 spiro atoms. The Balaban J connectivity index is 2.68. The summed E-state index contributed by atoms with van der Waals surface area (Å²) in [6.07, 6.45) is 4.97. The molecular formula is C18H29N3O4. The monoisotopic (exact) mass is 351 g/mol. The molecule has 1 aliphatic heterocycles. The summed E-state index contributed by atoms with van der Waals surface area (Å²) in [5, 5.41) is 2.74. The van der Waals surface area contributed by atoms with Crippen LogP contribution < -0.4 is 5.32 Å². The molecule has 0 saturated carbocycles. The number of carbonyl (C=O) groups excluding carboxylic acids is 3. The lowest BCUT2D eigenvalue weighted by molar-refractivity contribution is -0.149. The SMILES string of the molecule is C=CCN(CC=C)C(=O)CN1CCNC(=O)C1CC(=O)OCCCC. The van der Waals surface area contributed by atoms with E-state index in [1.54, 1.807) is 22.0 Å². The molecule has 1 N–H and O–H groups in total. The van der Waals surface area contributed by atoms with Crippen LogP contribution in [0.1, 0.15) is 26.2 Å². The van der Waals surface area contributed by atoms with Crippen molar-refractivity contribution in [3.05, 3.63) is 25.3 Å². The Morgan fingerprint density at radius 3 is 2.64 bits per heavy atom. The molecule has 1 aliphatic rings. The van der Waals surface area contributed by atoms with E-state index in [4.69, 9.17) is 4.74 Å². The van der Waals surface area contributed by atoms with Gasteiger partial charge in [-0.3, -0.25) is 19.3 Å². The number of esters is 1. The van der Waals surface area contributed by atoms with Gasteiger partial charge in [0.1, 0.15) is 6.04 Å². The predicted octanol–water partition coefficient (Wildman–Crippen LogP) is 0.721. The summed E-state index contributed by atoms with van der Waals surface area (Å²) in [6, 6.07) is -0.680. The van der Waals surface area contributed by atoms with Gasteiger partial charge in [-0.15, -0.1) is 13.2 Å². The molecule has 25 heavy (non-hydrogen) atoms. The van der Waals surface area contributed by atoms with Gasteiger partial charge in [0.05, 0.1) is 19.6 Å². The van der Waals surface area contributed by atoms with Crippen LogP contribution >= 0.6 is 0 Å². The largest absolute Gasteiger partial charge is 0.466 e. The van der Waals surface area contributed by atoms with Crippen LogP contribution in [0.25, 0.3) is 0 Å². The van der Waals surface area contributed by atoms with E-state index in [1.807, 2.05) is 6.92 Å². The van der Waals surface area contributed by atoms with Crippen LogP contribution in [0.5, 0.6) is 0 Å². The molecule has 0 radical (unpaired) electrons. The zero-order valence-electron chi connectivity index (χ0n) is 15.0. The first-order chi connectivity index (χ1) is 12.0. The summed E-state index contributed by atoms with van der Waals surface area (Å²) in [6.45, 7) is 11.5.